The Morgan fingerprint density at radius 1 is 1.56 bits per heavy atom. The van der Waals surface area contributed by atoms with Gasteiger partial charge in [-0.2, -0.15) is 12.6 Å². The van der Waals surface area contributed by atoms with Gasteiger partial charge in [0.1, 0.15) is 0 Å². The van der Waals surface area contributed by atoms with Crippen LogP contribution < -0.4 is 11.1 Å². The average molecular weight is 248 g/mol. The zero-order valence-corrected chi connectivity index (χ0v) is 10.4. The van der Waals surface area contributed by atoms with Crippen LogP contribution in [-0.4, -0.2) is 30.9 Å². The van der Waals surface area contributed by atoms with Crippen molar-refractivity contribution in [3.63, 3.8) is 0 Å². The van der Waals surface area contributed by atoms with Gasteiger partial charge < -0.3 is 10.1 Å². The van der Waals surface area contributed by atoms with Crippen molar-refractivity contribution >= 4 is 25.0 Å². The van der Waals surface area contributed by atoms with E-state index in [1.165, 1.54) is 0 Å². The fourth-order valence-corrected chi connectivity index (χ4v) is 1.24. The lowest BCUT2D eigenvalue weighted by Gasteiger charge is -2.11. The molecule has 2 unspecified atom stereocenters. The minimum absolute atomic E-state index is 0.0171. The molecule has 0 heterocycles. The van der Waals surface area contributed by atoms with Crippen molar-refractivity contribution in [1.82, 2.24) is 5.32 Å². The number of ether oxygens (including phenoxy) is 1. The van der Waals surface area contributed by atoms with Crippen LogP contribution in [0.2, 0.25) is 0 Å². The molecule has 0 rings (SSSR count). The monoisotopic (exact) mass is 248 g/mol. The lowest BCUT2D eigenvalue weighted by Crippen LogP contribution is -2.31. The van der Waals surface area contributed by atoms with Gasteiger partial charge in [0.05, 0.1) is 0 Å². The molecule has 0 aromatic carbocycles. The molecule has 2 atom stereocenters. The minimum Gasteiger partial charge on any atom is -0.449 e. The van der Waals surface area contributed by atoms with Crippen molar-refractivity contribution in [3.8, 4) is 0 Å². The molecule has 5 nitrogen and oxygen atoms in total. The maximum atomic E-state index is 11.3. The minimum atomic E-state index is -0.537. The summed E-state index contributed by atoms with van der Waals surface area (Å²) in [5.41, 5.74) is 5.45. The van der Waals surface area contributed by atoms with Gasteiger partial charge in [-0.1, -0.05) is 6.92 Å². The van der Waals surface area contributed by atoms with E-state index in [9.17, 15) is 9.59 Å². The largest absolute Gasteiger partial charge is 0.449 e. The van der Waals surface area contributed by atoms with Crippen molar-refractivity contribution in [2.45, 2.75) is 32.4 Å². The smallest absolute Gasteiger partial charge is 0.294 e. The molecule has 1 amide bonds. The number of hydrogen-bond acceptors (Lipinski definition) is 5. The van der Waals surface area contributed by atoms with Gasteiger partial charge >= 0.3 is 0 Å². The van der Waals surface area contributed by atoms with Gasteiger partial charge in [-0.3, -0.25) is 15.3 Å². The third kappa shape index (κ3) is 7.53. The number of amides is 1. The Labute approximate surface area is 102 Å². The first-order valence-corrected chi connectivity index (χ1v) is 5.98. The molecular formula is C10H20N2O3S. The third-order valence-electron chi connectivity index (χ3n) is 2.17. The van der Waals surface area contributed by atoms with Gasteiger partial charge in [-0.25, -0.2) is 0 Å². The molecule has 0 aliphatic heterocycles. The number of nitrogens with two attached hydrogens (primary N) is 1. The average Bonchev–Trinajstić information content (AvgIpc) is 2.27. The highest BCUT2D eigenvalue weighted by Gasteiger charge is 2.09. The van der Waals surface area contributed by atoms with Gasteiger partial charge in [0.2, 0.25) is 5.91 Å². The molecule has 0 fully saturated rings. The Kier molecular flexibility index (Phi) is 9.03. The number of nitrogens with one attached hydrogen (secondary N) is 1. The molecule has 3 N–H and O–H groups in total. The number of thiol groups is 1. The van der Waals surface area contributed by atoms with E-state index in [0.717, 1.165) is 12.8 Å². The highest BCUT2D eigenvalue weighted by molar-refractivity contribution is 7.80. The summed E-state index contributed by atoms with van der Waals surface area (Å²) >= 11 is 4.04. The van der Waals surface area contributed by atoms with E-state index in [1.54, 1.807) is 0 Å². The molecule has 0 radical (unpaired) electrons. The topological polar surface area (TPSA) is 81.4 Å². The second kappa shape index (κ2) is 9.47. The first-order valence-electron chi connectivity index (χ1n) is 5.35. The van der Waals surface area contributed by atoms with Crippen LogP contribution in [0.4, 0.5) is 0 Å². The maximum Gasteiger partial charge on any atom is 0.294 e. The molecule has 0 spiro atoms. The summed E-state index contributed by atoms with van der Waals surface area (Å²) in [7, 11) is 0. The third-order valence-corrected chi connectivity index (χ3v) is 2.71. The standard InChI is InChI=1S/C10H20N2O3S/c1-8(6-16)10(14)12-5-3-2-4-9(11)15-7-13/h7-9,16H,2-6,11H2,1H3,(H,12,14). The number of rotatable bonds is 9. The van der Waals surface area contributed by atoms with Gasteiger partial charge in [-0.05, 0) is 19.3 Å². The summed E-state index contributed by atoms with van der Waals surface area (Å²) < 4.78 is 4.52. The Morgan fingerprint density at radius 3 is 2.81 bits per heavy atom. The zero-order chi connectivity index (χ0) is 12.4. The lowest BCUT2D eigenvalue weighted by molar-refractivity contribution is -0.133. The van der Waals surface area contributed by atoms with Crippen molar-refractivity contribution in [3.05, 3.63) is 0 Å². The molecule has 0 bridgehead atoms. The van der Waals surface area contributed by atoms with Crippen molar-refractivity contribution in [2.24, 2.45) is 11.7 Å². The van der Waals surface area contributed by atoms with Gasteiger partial charge in [0.25, 0.3) is 6.47 Å². The summed E-state index contributed by atoms with van der Waals surface area (Å²) in [6.45, 7) is 2.79. The van der Waals surface area contributed by atoms with Crippen LogP contribution in [0.15, 0.2) is 0 Å². The maximum absolute atomic E-state index is 11.3. The SMILES string of the molecule is CC(CS)C(=O)NCCCCC(N)OC=O. The second-order valence-corrected chi connectivity index (χ2v) is 4.01. The van der Waals surface area contributed by atoms with Crippen LogP contribution in [0.25, 0.3) is 0 Å². The molecule has 16 heavy (non-hydrogen) atoms. The molecule has 0 aliphatic carbocycles. The summed E-state index contributed by atoms with van der Waals surface area (Å²) in [5.74, 6) is 0.497. The van der Waals surface area contributed by atoms with Crippen LogP contribution in [-0.2, 0) is 14.3 Å². The molecule has 94 valence electrons. The Bertz CT molecular complexity index is 214. The van der Waals surface area contributed by atoms with Crippen LogP contribution in [0.1, 0.15) is 26.2 Å². The predicted molar refractivity (Wildman–Crippen MR) is 65.0 cm³/mol. The van der Waals surface area contributed by atoms with Crippen LogP contribution >= 0.6 is 12.6 Å². The Balaban J connectivity index is 3.39. The van der Waals surface area contributed by atoms with Gasteiger partial charge in [-0.15, -0.1) is 0 Å². The molecule has 0 aromatic rings. The first-order chi connectivity index (χ1) is 7.61. The molecule has 0 aromatic heterocycles. The number of carbonyl (C=O) groups excluding carboxylic acids is 2. The molecule has 6 heteroatoms. The Morgan fingerprint density at radius 2 is 2.25 bits per heavy atom. The number of hydrogen-bond donors (Lipinski definition) is 3. The summed E-state index contributed by atoms with van der Waals surface area (Å²) in [6.07, 6.45) is 1.70. The lowest BCUT2D eigenvalue weighted by atomic mass is 10.2. The van der Waals surface area contributed by atoms with E-state index in [1.807, 2.05) is 6.92 Å². The van der Waals surface area contributed by atoms with E-state index in [2.05, 4.69) is 22.7 Å². The van der Waals surface area contributed by atoms with Crippen LogP contribution in [0, 0.1) is 5.92 Å². The van der Waals surface area contributed by atoms with Crippen molar-refractivity contribution < 1.29 is 14.3 Å². The number of carbonyl (C=O) groups is 2. The van der Waals surface area contributed by atoms with Crippen LogP contribution in [0.3, 0.4) is 0 Å². The van der Waals surface area contributed by atoms with Gasteiger partial charge in [0.15, 0.2) is 6.23 Å². The highest BCUT2D eigenvalue weighted by Crippen LogP contribution is 2.00. The zero-order valence-electron chi connectivity index (χ0n) is 9.52. The predicted octanol–water partition coefficient (Wildman–Crippen LogP) is 0.297. The van der Waals surface area contributed by atoms with Crippen molar-refractivity contribution in [1.29, 1.82) is 0 Å². The van der Waals surface area contributed by atoms with E-state index in [0.29, 0.717) is 25.2 Å². The highest BCUT2D eigenvalue weighted by atomic mass is 32.1. The van der Waals surface area contributed by atoms with Gasteiger partial charge in [0, 0.05) is 18.2 Å². The van der Waals surface area contributed by atoms with E-state index >= 15 is 0 Å². The van der Waals surface area contributed by atoms with Crippen molar-refractivity contribution in [2.75, 3.05) is 12.3 Å². The summed E-state index contributed by atoms with van der Waals surface area (Å²) in [6, 6.07) is 0. The normalized spacial score (nSPS) is 13.9. The van der Waals surface area contributed by atoms with E-state index < -0.39 is 6.23 Å². The van der Waals surface area contributed by atoms with Crippen LogP contribution in [0.5, 0.6) is 0 Å². The fourth-order valence-electron chi connectivity index (χ4n) is 1.08. The molecular weight excluding hydrogens is 228 g/mol. The quantitative estimate of drug-likeness (QED) is 0.237. The number of unbranched alkanes of at least 4 members (excludes halogenated alkanes) is 1. The first kappa shape index (κ1) is 15.2. The summed E-state index contributed by atoms with van der Waals surface area (Å²) in [5, 5.41) is 2.80. The second-order valence-electron chi connectivity index (χ2n) is 3.64. The fraction of sp³-hybridized carbons (Fsp3) is 0.800. The summed E-state index contributed by atoms with van der Waals surface area (Å²) in [4.78, 5) is 21.3. The Hall–Kier alpha value is -0.750. The molecule has 0 aliphatic rings. The molecule has 0 saturated heterocycles. The van der Waals surface area contributed by atoms with E-state index in [-0.39, 0.29) is 11.8 Å². The molecule has 0 saturated carbocycles. The van der Waals surface area contributed by atoms with E-state index in [4.69, 9.17) is 5.73 Å².